The molecule has 2 N–H and O–H groups in total. The largest absolute Gasteiger partial charge is 0.335 e. The quantitative estimate of drug-likeness (QED) is 0.766. The Kier molecular flexibility index (Phi) is 3.16. The molecular weight excluding hydrogens is 238 g/mol. The van der Waals surface area contributed by atoms with Crippen molar-refractivity contribution in [3.05, 3.63) is 0 Å². The summed E-state index contributed by atoms with van der Waals surface area (Å²) in [6.45, 7) is 2.23. The molecule has 1 atom stereocenters. The molecule has 4 heteroatoms. The lowest BCUT2D eigenvalue weighted by Crippen LogP contribution is -2.57. The predicted molar refractivity (Wildman–Crippen MR) is 72.2 cm³/mol. The van der Waals surface area contributed by atoms with Crippen LogP contribution in [0.25, 0.3) is 0 Å². The molecule has 4 aliphatic rings. The summed E-state index contributed by atoms with van der Waals surface area (Å²) in [7, 11) is 0. The summed E-state index contributed by atoms with van der Waals surface area (Å²) in [4.78, 5) is 11.7. The number of hydrogen-bond donors (Lipinski definition) is 2. The highest BCUT2D eigenvalue weighted by molar-refractivity contribution is 5.74. The average molecular weight is 261 g/mol. The van der Waals surface area contributed by atoms with Crippen LogP contribution < -0.4 is 10.6 Å². The summed E-state index contributed by atoms with van der Waals surface area (Å²) in [5, 5.41) is 14.1. The molecule has 0 saturated heterocycles. The first-order valence-electron chi connectivity index (χ1n) is 7.52. The Hall–Kier alpha value is -1.24. The third kappa shape index (κ3) is 2.31. The second-order valence-electron chi connectivity index (χ2n) is 6.99. The molecule has 2 amide bonds. The SMILES string of the molecule is CC(NC(=O)NCC#N)C12CC3CC(CC(C3)C1)C2. The highest BCUT2D eigenvalue weighted by Gasteiger charge is 2.53. The number of amides is 2. The van der Waals surface area contributed by atoms with Gasteiger partial charge in [0.05, 0.1) is 6.07 Å². The molecule has 4 fully saturated rings. The van der Waals surface area contributed by atoms with Crippen molar-refractivity contribution in [2.45, 2.75) is 51.5 Å². The van der Waals surface area contributed by atoms with Gasteiger partial charge in [-0.15, -0.1) is 0 Å². The minimum atomic E-state index is -0.190. The number of carbonyl (C=O) groups excluding carboxylic acids is 1. The van der Waals surface area contributed by atoms with Crippen molar-refractivity contribution >= 4 is 6.03 Å². The minimum absolute atomic E-state index is 0.0828. The van der Waals surface area contributed by atoms with Crippen LogP contribution in [0.15, 0.2) is 0 Å². The van der Waals surface area contributed by atoms with Crippen molar-refractivity contribution < 1.29 is 4.79 Å². The molecule has 0 aromatic heterocycles. The molecule has 0 aromatic rings. The van der Waals surface area contributed by atoms with Gasteiger partial charge >= 0.3 is 6.03 Å². The lowest BCUT2D eigenvalue weighted by molar-refractivity contribution is -0.0682. The first-order valence-corrected chi connectivity index (χ1v) is 7.52. The normalized spacial score (nSPS) is 40.5. The number of carbonyl (C=O) groups is 1. The predicted octanol–water partition coefficient (Wildman–Crippen LogP) is 2.41. The number of nitrogens with zero attached hydrogens (tertiary/aromatic N) is 1. The molecule has 4 bridgehead atoms. The second-order valence-corrected chi connectivity index (χ2v) is 6.99. The molecule has 4 aliphatic carbocycles. The van der Waals surface area contributed by atoms with Crippen molar-refractivity contribution in [3.8, 4) is 6.07 Å². The summed E-state index contributed by atoms with van der Waals surface area (Å²) in [6, 6.07) is 1.97. The first kappa shape index (κ1) is 12.8. The van der Waals surface area contributed by atoms with Gasteiger partial charge in [-0.2, -0.15) is 5.26 Å². The van der Waals surface area contributed by atoms with Crippen LogP contribution in [0.1, 0.15) is 45.4 Å². The molecule has 4 saturated carbocycles. The van der Waals surface area contributed by atoms with Crippen LogP contribution in [0.4, 0.5) is 4.79 Å². The Balaban J connectivity index is 1.64. The summed E-state index contributed by atoms with van der Waals surface area (Å²) in [5.41, 5.74) is 0.332. The topological polar surface area (TPSA) is 64.9 Å². The minimum Gasteiger partial charge on any atom is -0.335 e. The van der Waals surface area contributed by atoms with E-state index in [0.717, 1.165) is 17.8 Å². The van der Waals surface area contributed by atoms with E-state index >= 15 is 0 Å². The van der Waals surface area contributed by atoms with Crippen molar-refractivity contribution in [1.82, 2.24) is 10.6 Å². The van der Waals surface area contributed by atoms with Crippen LogP contribution in [0, 0.1) is 34.5 Å². The lowest BCUT2D eigenvalue weighted by Gasteiger charge is -2.59. The molecule has 0 aliphatic heterocycles. The van der Waals surface area contributed by atoms with Gasteiger partial charge in [0.25, 0.3) is 0 Å². The van der Waals surface area contributed by atoms with Gasteiger partial charge in [0.1, 0.15) is 6.54 Å². The van der Waals surface area contributed by atoms with Gasteiger partial charge in [-0.25, -0.2) is 4.79 Å². The van der Waals surface area contributed by atoms with Gasteiger partial charge in [-0.05, 0) is 68.6 Å². The Labute approximate surface area is 114 Å². The maximum atomic E-state index is 11.7. The number of rotatable bonds is 3. The zero-order valence-corrected chi connectivity index (χ0v) is 11.6. The Morgan fingerprint density at radius 2 is 1.79 bits per heavy atom. The highest BCUT2D eigenvalue weighted by atomic mass is 16.2. The molecule has 104 valence electrons. The van der Waals surface area contributed by atoms with Crippen LogP contribution in [0.3, 0.4) is 0 Å². The fraction of sp³-hybridized carbons (Fsp3) is 0.867. The maximum Gasteiger partial charge on any atom is 0.315 e. The van der Waals surface area contributed by atoms with Crippen LogP contribution >= 0.6 is 0 Å². The molecule has 0 aromatic carbocycles. The molecule has 0 heterocycles. The van der Waals surface area contributed by atoms with E-state index in [2.05, 4.69) is 17.6 Å². The summed E-state index contributed by atoms with van der Waals surface area (Å²) in [5.74, 6) is 2.70. The van der Waals surface area contributed by atoms with Gasteiger partial charge in [-0.3, -0.25) is 0 Å². The van der Waals surface area contributed by atoms with E-state index in [1.54, 1.807) is 0 Å². The van der Waals surface area contributed by atoms with Crippen molar-refractivity contribution in [3.63, 3.8) is 0 Å². The van der Waals surface area contributed by atoms with E-state index in [1.165, 1.54) is 38.5 Å². The monoisotopic (exact) mass is 261 g/mol. The smallest absolute Gasteiger partial charge is 0.315 e. The zero-order valence-electron chi connectivity index (χ0n) is 11.6. The van der Waals surface area contributed by atoms with E-state index in [1.807, 2.05) is 6.07 Å². The number of nitriles is 1. The molecule has 1 unspecified atom stereocenters. The van der Waals surface area contributed by atoms with E-state index in [9.17, 15) is 4.79 Å². The van der Waals surface area contributed by atoms with E-state index in [-0.39, 0.29) is 18.6 Å². The Morgan fingerprint density at radius 1 is 1.26 bits per heavy atom. The first-order chi connectivity index (χ1) is 9.11. The van der Waals surface area contributed by atoms with E-state index in [4.69, 9.17) is 5.26 Å². The molecule has 4 nitrogen and oxygen atoms in total. The van der Waals surface area contributed by atoms with Gasteiger partial charge in [0.2, 0.25) is 0 Å². The van der Waals surface area contributed by atoms with Gasteiger partial charge in [-0.1, -0.05) is 0 Å². The van der Waals surface area contributed by atoms with E-state index in [0.29, 0.717) is 5.41 Å². The maximum absolute atomic E-state index is 11.7. The van der Waals surface area contributed by atoms with Crippen LogP contribution in [0.5, 0.6) is 0 Å². The Bertz CT molecular complexity index is 377. The molecule has 19 heavy (non-hydrogen) atoms. The van der Waals surface area contributed by atoms with Gasteiger partial charge in [0.15, 0.2) is 0 Å². The summed E-state index contributed by atoms with van der Waals surface area (Å²) in [6.07, 6.45) is 8.14. The highest BCUT2D eigenvalue weighted by Crippen LogP contribution is 2.61. The third-order valence-electron chi connectivity index (χ3n) is 5.68. The molecule has 4 rings (SSSR count). The van der Waals surface area contributed by atoms with Crippen LogP contribution in [-0.2, 0) is 0 Å². The second kappa shape index (κ2) is 4.70. The van der Waals surface area contributed by atoms with Crippen LogP contribution in [0.2, 0.25) is 0 Å². The zero-order chi connectivity index (χ0) is 13.5. The Morgan fingerprint density at radius 3 is 2.26 bits per heavy atom. The van der Waals surface area contributed by atoms with Crippen molar-refractivity contribution in [2.24, 2.45) is 23.2 Å². The fourth-order valence-corrected chi connectivity index (χ4v) is 5.23. The number of nitrogens with one attached hydrogen (secondary N) is 2. The third-order valence-corrected chi connectivity index (χ3v) is 5.68. The van der Waals surface area contributed by atoms with Crippen LogP contribution in [-0.4, -0.2) is 18.6 Å². The summed E-state index contributed by atoms with van der Waals surface area (Å²) >= 11 is 0. The molecule has 0 radical (unpaired) electrons. The number of urea groups is 1. The fourth-order valence-electron chi connectivity index (χ4n) is 5.23. The molecular formula is C15H23N3O. The lowest BCUT2D eigenvalue weighted by atomic mass is 9.48. The molecule has 0 spiro atoms. The number of hydrogen-bond acceptors (Lipinski definition) is 2. The van der Waals surface area contributed by atoms with Gasteiger partial charge < -0.3 is 10.6 Å². The van der Waals surface area contributed by atoms with Crippen molar-refractivity contribution in [2.75, 3.05) is 6.54 Å². The van der Waals surface area contributed by atoms with E-state index < -0.39 is 0 Å². The average Bonchev–Trinajstić information content (AvgIpc) is 2.34. The summed E-state index contributed by atoms with van der Waals surface area (Å²) < 4.78 is 0. The standard InChI is InChI=1S/C15H23N3O/c1-10(18-14(19)17-3-2-16)15-7-11-4-12(8-15)6-13(5-11)9-15/h10-13H,3-9H2,1H3,(H2,17,18,19). The van der Waals surface area contributed by atoms with Crippen molar-refractivity contribution in [1.29, 1.82) is 5.26 Å². The van der Waals surface area contributed by atoms with Gasteiger partial charge in [0, 0.05) is 6.04 Å².